The summed E-state index contributed by atoms with van der Waals surface area (Å²) in [5.74, 6) is 0.782. The molecule has 2 rings (SSSR count). The summed E-state index contributed by atoms with van der Waals surface area (Å²) in [7, 11) is 0. The predicted octanol–water partition coefficient (Wildman–Crippen LogP) is 4.24. The van der Waals surface area contributed by atoms with Crippen LogP contribution in [0, 0.1) is 0 Å². The molecule has 3 heteroatoms. The van der Waals surface area contributed by atoms with Gasteiger partial charge in [-0.2, -0.15) is 0 Å². The molecule has 0 fully saturated rings. The van der Waals surface area contributed by atoms with Gasteiger partial charge in [-0.15, -0.1) is 0 Å². The lowest BCUT2D eigenvalue weighted by molar-refractivity contribution is 0.307. The van der Waals surface area contributed by atoms with Crippen molar-refractivity contribution in [1.82, 2.24) is 0 Å². The van der Waals surface area contributed by atoms with Crippen LogP contribution >= 0.6 is 11.6 Å². The number of para-hydroxylation sites is 1. The first-order valence-corrected chi connectivity index (χ1v) is 7.74. The topological polar surface area (TPSA) is 35.2 Å². The summed E-state index contributed by atoms with van der Waals surface area (Å²) >= 11 is 6.24. The van der Waals surface area contributed by atoms with Crippen LogP contribution in [0.1, 0.15) is 24.5 Å². The molecular weight excluding hydrogens is 282 g/mol. The maximum Gasteiger partial charge on any atom is 0.141 e. The summed E-state index contributed by atoms with van der Waals surface area (Å²) in [5, 5.41) is 0.660. The van der Waals surface area contributed by atoms with Crippen molar-refractivity contribution in [3.8, 4) is 5.75 Å². The third-order valence-corrected chi connectivity index (χ3v) is 3.59. The fourth-order valence-corrected chi connectivity index (χ4v) is 2.57. The molecule has 2 N–H and O–H groups in total. The van der Waals surface area contributed by atoms with E-state index in [-0.39, 0.29) is 6.04 Å². The van der Waals surface area contributed by atoms with Gasteiger partial charge in [-0.3, -0.25) is 0 Å². The van der Waals surface area contributed by atoms with E-state index in [1.807, 2.05) is 31.2 Å². The molecule has 2 aromatic rings. The third-order valence-electron chi connectivity index (χ3n) is 3.29. The average molecular weight is 304 g/mol. The Labute approximate surface area is 131 Å². The molecule has 0 aliphatic heterocycles. The third kappa shape index (κ3) is 5.07. The van der Waals surface area contributed by atoms with Crippen molar-refractivity contribution in [3.05, 3.63) is 64.7 Å². The molecular formula is C18H22ClNO. The molecule has 0 amide bonds. The summed E-state index contributed by atoms with van der Waals surface area (Å²) in [6.45, 7) is 2.64. The molecule has 1 unspecified atom stereocenters. The average Bonchev–Trinajstić information content (AvgIpc) is 2.46. The van der Waals surface area contributed by atoms with Crippen LogP contribution in [0.2, 0.25) is 5.02 Å². The molecule has 1 atom stereocenters. The largest absolute Gasteiger partial charge is 0.492 e. The number of ether oxygens (including phenoxy) is 1. The monoisotopic (exact) mass is 303 g/mol. The zero-order valence-corrected chi connectivity index (χ0v) is 13.1. The summed E-state index contributed by atoms with van der Waals surface area (Å²) in [5.41, 5.74) is 8.29. The molecule has 2 nitrogen and oxygen atoms in total. The Morgan fingerprint density at radius 3 is 2.57 bits per heavy atom. The second-order valence-corrected chi connectivity index (χ2v) is 5.75. The lowest BCUT2D eigenvalue weighted by Crippen LogP contribution is -2.18. The number of nitrogens with two attached hydrogens (primary N) is 1. The van der Waals surface area contributed by atoms with Crippen molar-refractivity contribution >= 4 is 11.6 Å². The summed E-state index contributed by atoms with van der Waals surface area (Å²) < 4.78 is 5.90. The molecule has 0 saturated carbocycles. The predicted molar refractivity (Wildman–Crippen MR) is 89.1 cm³/mol. The Hall–Kier alpha value is -1.51. The van der Waals surface area contributed by atoms with Gasteiger partial charge in [0.2, 0.25) is 0 Å². The van der Waals surface area contributed by atoms with Crippen LogP contribution in [-0.2, 0) is 12.8 Å². The molecule has 0 spiro atoms. The van der Waals surface area contributed by atoms with Gasteiger partial charge in [0, 0.05) is 6.04 Å². The smallest absolute Gasteiger partial charge is 0.141 e. The Morgan fingerprint density at radius 1 is 1.10 bits per heavy atom. The van der Waals surface area contributed by atoms with Crippen LogP contribution in [0.15, 0.2) is 48.5 Å². The highest BCUT2D eigenvalue weighted by Gasteiger charge is 2.10. The molecule has 2 aromatic carbocycles. The number of aryl methyl sites for hydroxylation is 1. The molecule has 0 bridgehead atoms. The van der Waals surface area contributed by atoms with E-state index < -0.39 is 0 Å². The van der Waals surface area contributed by atoms with Crippen molar-refractivity contribution < 1.29 is 4.74 Å². The van der Waals surface area contributed by atoms with Crippen LogP contribution in [-0.4, -0.2) is 12.6 Å². The van der Waals surface area contributed by atoms with E-state index in [2.05, 4.69) is 24.3 Å². The summed E-state index contributed by atoms with van der Waals surface area (Å²) in [6, 6.07) is 16.3. The number of hydrogen-bond acceptors (Lipinski definition) is 2. The van der Waals surface area contributed by atoms with E-state index in [9.17, 15) is 0 Å². The summed E-state index contributed by atoms with van der Waals surface area (Å²) in [6.07, 6.45) is 2.75. The Balaban J connectivity index is 1.90. The van der Waals surface area contributed by atoms with Crippen LogP contribution < -0.4 is 10.5 Å². The van der Waals surface area contributed by atoms with Crippen LogP contribution in [0.4, 0.5) is 0 Å². The Morgan fingerprint density at radius 2 is 1.86 bits per heavy atom. The van der Waals surface area contributed by atoms with Gasteiger partial charge in [-0.25, -0.2) is 0 Å². The van der Waals surface area contributed by atoms with Gasteiger partial charge in [-0.05, 0) is 43.4 Å². The van der Waals surface area contributed by atoms with E-state index in [1.165, 1.54) is 5.56 Å². The second kappa shape index (κ2) is 8.06. The fourth-order valence-electron chi connectivity index (χ4n) is 2.32. The fraction of sp³-hybridized carbons (Fsp3) is 0.333. The van der Waals surface area contributed by atoms with E-state index in [0.717, 1.165) is 30.6 Å². The Bertz CT molecular complexity index is 554. The van der Waals surface area contributed by atoms with E-state index in [4.69, 9.17) is 22.1 Å². The Kier molecular flexibility index (Phi) is 6.09. The van der Waals surface area contributed by atoms with Gasteiger partial charge < -0.3 is 10.5 Å². The molecule has 0 saturated heterocycles. The van der Waals surface area contributed by atoms with E-state index in [0.29, 0.717) is 11.6 Å². The minimum atomic E-state index is 0.0927. The highest BCUT2D eigenvalue weighted by Crippen LogP contribution is 2.29. The maximum absolute atomic E-state index is 6.24. The number of benzene rings is 2. The first-order valence-electron chi connectivity index (χ1n) is 7.36. The maximum atomic E-state index is 6.24. The van der Waals surface area contributed by atoms with Crippen LogP contribution in [0.3, 0.4) is 0 Å². The van der Waals surface area contributed by atoms with Gasteiger partial charge in [0.05, 0.1) is 11.6 Å². The quantitative estimate of drug-likeness (QED) is 0.776. The molecule has 0 aliphatic carbocycles. The van der Waals surface area contributed by atoms with Gasteiger partial charge in [0.15, 0.2) is 0 Å². The van der Waals surface area contributed by atoms with Crippen LogP contribution in [0.5, 0.6) is 5.75 Å². The first kappa shape index (κ1) is 15.9. The number of halogens is 1. The lowest BCUT2D eigenvalue weighted by atomic mass is 10.1. The minimum absolute atomic E-state index is 0.0927. The second-order valence-electron chi connectivity index (χ2n) is 5.35. The first-order chi connectivity index (χ1) is 10.2. The van der Waals surface area contributed by atoms with Gasteiger partial charge >= 0.3 is 0 Å². The van der Waals surface area contributed by atoms with Crippen molar-refractivity contribution in [1.29, 1.82) is 0 Å². The van der Waals surface area contributed by atoms with Gasteiger partial charge in [-0.1, -0.05) is 54.1 Å². The van der Waals surface area contributed by atoms with Gasteiger partial charge in [0.1, 0.15) is 5.75 Å². The number of hydrogen-bond donors (Lipinski definition) is 1. The number of rotatable bonds is 7. The van der Waals surface area contributed by atoms with Crippen molar-refractivity contribution in [2.45, 2.75) is 32.2 Å². The van der Waals surface area contributed by atoms with Crippen molar-refractivity contribution in [2.24, 2.45) is 5.73 Å². The lowest BCUT2D eigenvalue weighted by Gasteiger charge is -2.14. The molecule has 0 aromatic heterocycles. The molecule has 21 heavy (non-hydrogen) atoms. The molecule has 112 valence electrons. The van der Waals surface area contributed by atoms with Crippen molar-refractivity contribution in [3.63, 3.8) is 0 Å². The molecule has 0 aliphatic rings. The zero-order chi connectivity index (χ0) is 15.1. The van der Waals surface area contributed by atoms with Crippen molar-refractivity contribution in [2.75, 3.05) is 6.61 Å². The minimum Gasteiger partial charge on any atom is -0.492 e. The van der Waals surface area contributed by atoms with Crippen LogP contribution in [0.25, 0.3) is 0 Å². The highest BCUT2D eigenvalue weighted by atomic mass is 35.5. The highest BCUT2D eigenvalue weighted by molar-refractivity contribution is 6.32. The van der Waals surface area contributed by atoms with E-state index >= 15 is 0 Å². The zero-order valence-electron chi connectivity index (χ0n) is 12.4. The normalized spacial score (nSPS) is 12.1. The standard InChI is InChI=1S/C18H22ClNO/c1-14(20)13-16-10-5-11-17(19)18(16)21-12-6-9-15-7-3-2-4-8-15/h2-5,7-8,10-11,14H,6,9,12-13,20H2,1H3. The SMILES string of the molecule is CC(N)Cc1cccc(Cl)c1OCCCc1ccccc1. The van der Waals surface area contributed by atoms with E-state index in [1.54, 1.807) is 0 Å². The van der Waals surface area contributed by atoms with Gasteiger partial charge in [0.25, 0.3) is 0 Å². The molecule has 0 heterocycles. The summed E-state index contributed by atoms with van der Waals surface area (Å²) in [4.78, 5) is 0. The molecule has 0 radical (unpaired) electrons.